The number of nitrogens with zero attached hydrogens (tertiary/aromatic N) is 2. The molecule has 3 amide bonds. The summed E-state index contributed by atoms with van der Waals surface area (Å²) < 4.78 is 19.8. The summed E-state index contributed by atoms with van der Waals surface area (Å²) >= 11 is 0. The van der Waals surface area contributed by atoms with Gasteiger partial charge >= 0.3 is 0 Å². The van der Waals surface area contributed by atoms with Crippen molar-refractivity contribution in [2.75, 3.05) is 19.7 Å². The molecule has 2 unspecified atom stereocenters. The summed E-state index contributed by atoms with van der Waals surface area (Å²) in [5.41, 5.74) is -0.221. The summed E-state index contributed by atoms with van der Waals surface area (Å²) in [4.78, 5) is 42.8. The molecule has 4 rings (SSSR count). The Bertz CT molecular complexity index is 1050. The SMILES string of the molecule is CCC(C)NC(=O)C1COC2(CCN(C(=O)c3cccc(F)c3)CC2)N1C(=O)c1ccccc1. The first-order valence-corrected chi connectivity index (χ1v) is 11.7. The Balaban J connectivity index is 1.56. The summed E-state index contributed by atoms with van der Waals surface area (Å²) in [6.45, 7) is 4.65. The fourth-order valence-electron chi connectivity index (χ4n) is 4.59. The van der Waals surface area contributed by atoms with E-state index in [2.05, 4.69) is 5.32 Å². The van der Waals surface area contributed by atoms with Gasteiger partial charge in [0.15, 0.2) is 0 Å². The van der Waals surface area contributed by atoms with Crippen LogP contribution in [0.1, 0.15) is 53.8 Å². The van der Waals surface area contributed by atoms with Crippen molar-refractivity contribution in [2.45, 2.75) is 50.9 Å². The molecule has 2 fully saturated rings. The van der Waals surface area contributed by atoms with Crippen molar-refractivity contribution >= 4 is 17.7 Å². The van der Waals surface area contributed by atoms with Crippen LogP contribution < -0.4 is 5.32 Å². The number of hydrogen-bond donors (Lipinski definition) is 1. The highest BCUT2D eigenvalue weighted by molar-refractivity contribution is 5.98. The summed E-state index contributed by atoms with van der Waals surface area (Å²) in [6, 6.07) is 13.7. The van der Waals surface area contributed by atoms with Gasteiger partial charge in [0, 0.05) is 43.1 Å². The molecule has 34 heavy (non-hydrogen) atoms. The van der Waals surface area contributed by atoms with Crippen molar-refractivity contribution in [1.82, 2.24) is 15.1 Å². The second-order valence-electron chi connectivity index (χ2n) is 8.93. The van der Waals surface area contributed by atoms with Crippen LogP contribution in [0.15, 0.2) is 54.6 Å². The Morgan fingerprint density at radius 1 is 1.06 bits per heavy atom. The molecule has 7 nitrogen and oxygen atoms in total. The number of piperidine rings is 1. The van der Waals surface area contributed by atoms with E-state index in [1.807, 2.05) is 19.9 Å². The molecule has 2 heterocycles. The topological polar surface area (TPSA) is 79.0 Å². The number of carbonyl (C=O) groups excluding carboxylic acids is 3. The van der Waals surface area contributed by atoms with Crippen molar-refractivity contribution in [2.24, 2.45) is 0 Å². The lowest BCUT2D eigenvalue weighted by atomic mass is 9.96. The van der Waals surface area contributed by atoms with Gasteiger partial charge in [-0.25, -0.2) is 4.39 Å². The molecular weight excluding hydrogens is 437 g/mol. The first-order chi connectivity index (χ1) is 16.3. The first kappa shape index (κ1) is 23.9. The number of rotatable bonds is 5. The molecule has 0 aromatic heterocycles. The van der Waals surface area contributed by atoms with E-state index >= 15 is 0 Å². The third kappa shape index (κ3) is 4.68. The Hall–Kier alpha value is -3.26. The summed E-state index contributed by atoms with van der Waals surface area (Å²) in [6.07, 6.45) is 1.49. The number of benzene rings is 2. The molecular formula is C26H30FN3O4. The van der Waals surface area contributed by atoms with Crippen LogP contribution in [0.3, 0.4) is 0 Å². The number of halogens is 1. The van der Waals surface area contributed by atoms with E-state index in [1.54, 1.807) is 40.1 Å². The van der Waals surface area contributed by atoms with Gasteiger partial charge in [-0.05, 0) is 43.7 Å². The quantitative estimate of drug-likeness (QED) is 0.733. The number of nitrogens with one attached hydrogen (secondary N) is 1. The van der Waals surface area contributed by atoms with Gasteiger partial charge in [0.05, 0.1) is 6.61 Å². The van der Waals surface area contributed by atoms with E-state index in [9.17, 15) is 18.8 Å². The third-order valence-electron chi connectivity index (χ3n) is 6.71. The van der Waals surface area contributed by atoms with E-state index < -0.39 is 17.6 Å². The number of amides is 3. The molecule has 0 radical (unpaired) electrons. The fourth-order valence-corrected chi connectivity index (χ4v) is 4.59. The molecule has 2 atom stereocenters. The molecule has 8 heteroatoms. The predicted octanol–water partition coefficient (Wildman–Crippen LogP) is 3.21. The van der Waals surface area contributed by atoms with E-state index in [-0.39, 0.29) is 35.9 Å². The van der Waals surface area contributed by atoms with Crippen molar-refractivity contribution in [3.05, 3.63) is 71.5 Å². The fraction of sp³-hybridized carbons (Fsp3) is 0.423. The molecule has 2 aliphatic rings. The molecule has 180 valence electrons. The number of hydrogen-bond acceptors (Lipinski definition) is 4. The Labute approximate surface area is 198 Å². The lowest BCUT2D eigenvalue weighted by Gasteiger charge is -2.44. The number of likely N-dealkylation sites (tertiary alicyclic amines) is 1. The standard InChI is InChI=1S/C26H30FN3O4/c1-3-18(2)28-23(31)22-17-34-26(30(22)25(33)19-8-5-4-6-9-19)12-14-29(15-13-26)24(32)20-10-7-11-21(27)16-20/h4-11,16,18,22H,3,12-15,17H2,1-2H3,(H,28,31). The summed E-state index contributed by atoms with van der Waals surface area (Å²) in [5, 5.41) is 2.97. The van der Waals surface area contributed by atoms with Crippen LogP contribution in [0.4, 0.5) is 4.39 Å². The molecule has 2 aromatic carbocycles. The van der Waals surface area contributed by atoms with Crippen LogP contribution in [0.2, 0.25) is 0 Å². The summed E-state index contributed by atoms with van der Waals surface area (Å²) in [5.74, 6) is -1.24. The monoisotopic (exact) mass is 467 g/mol. The van der Waals surface area contributed by atoms with Gasteiger partial charge in [0.25, 0.3) is 11.8 Å². The van der Waals surface area contributed by atoms with E-state index in [0.29, 0.717) is 31.5 Å². The highest BCUT2D eigenvalue weighted by Crippen LogP contribution is 2.39. The third-order valence-corrected chi connectivity index (χ3v) is 6.71. The zero-order chi connectivity index (χ0) is 24.3. The van der Waals surface area contributed by atoms with Gasteiger partial charge in [0.2, 0.25) is 5.91 Å². The smallest absolute Gasteiger partial charge is 0.256 e. The highest BCUT2D eigenvalue weighted by Gasteiger charge is 2.54. The second kappa shape index (κ2) is 9.93. The minimum atomic E-state index is -0.983. The molecule has 1 spiro atoms. The minimum Gasteiger partial charge on any atom is -0.353 e. The zero-order valence-corrected chi connectivity index (χ0v) is 19.5. The van der Waals surface area contributed by atoms with Crippen molar-refractivity contribution < 1.29 is 23.5 Å². The molecule has 0 bridgehead atoms. The van der Waals surface area contributed by atoms with E-state index in [1.165, 1.54) is 18.2 Å². The van der Waals surface area contributed by atoms with Crippen LogP contribution in [0.5, 0.6) is 0 Å². The lowest BCUT2D eigenvalue weighted by molar-refractivity contribution is -0.128. The van der Waals surface area contributed by atoms with Crippen LogP contribution >= 0.6 is 0 Å². The molecule has 2 saturated heterocycles. The Morgan fingerprint density at radius 3 is 2.38 bits per heavy atom. The van der Waals surface area contributed by atoms with Gasteiger partial charge in [-0.1, -0.05) is 31.2 Å². The molecule has 2 aromatic rings. The second-order valence-corrected chi connectivity index (χ2v) is 8.93. The van der Waals surface area contributed by atoms with Gasteiger partial charge in [-0.15, -0.1) is 0 Å². The van der Waals surface area contributed by atoms with Crippen LogP contribution in [0.25, 0.3) is 0 Å². The molecule has 1 N–H and O–H groups in total. The van der Waals surface area contributed by atoms with Gasteiger partial charge in [-0.2, -0.15) is 0 Å². The van der Waals surface area contributed by atoms with E-state index in [4.69, 9.17) is 4.74 Å². The zero-order valence-electron chi connectivity index (χ0n) is 19.5. The summed E-state index contributed by atoms with van der Waals surface area (Å²) in [7, 11) is 0. The highest BCUT2D eigenvalue weighted by atomic mass is 19.1. The maximum atomic E-state index is 13.6. The molecule has 2 aliphatic heterocycles. The normalized spacial score (nSPS) is 20.3. The van der Waals surface area contributed by atoms with Gasteiger partial charge in [0.1, 0.15) is 17.6 Å². The lowest BCUT2D eigenvalue weighted by Crippen LogP contribution is -2.60. The van der Waals surface area contributed by atoms with Crippen LogP contribution in [-0.2, 0) is 9.53 Å². The molecule has 0 aliphatic carbocycles. The predicted molar refractivity (Wildman–Crippen MR) is 125 cm³/mol. The average Bonchev–Trinajstić information content (AvgIpc) is 3.22. The number of ether oxygens (including phenoxy) is 1. The minimum absolute atomic E-state index is 0.0246. The van der Waals surface area contributed by atoms with Crippen molar-refractivity contribution in [3.8, 4) is 0 Å². The average molecular weight is 468 g/mol. The molecule has 0 saturated carbocycles. The Morgan fingerprint density at radius 2 is 1.74 bits per heavy atom. The number of carbonyl (C=O) groups is 3. The first-order valence-electron chi connectivity index (χ1n) is 11.7. The van der Waals surface area contributed by atoms with Crippen LogP contribution in [0, 0.1) is 5.82 Å². The largest absolute Gasteiger partial charge is 0.353 e. The van der Waals surface area contributed by atoms with Crippen molar-refractivity contribution in [1.29, 1.82) is 0 Å². The van der Waals surface area contributed by atoms with E-state index in [0.717, 1.165) is 6.42 Å². The van der Waals surface area contributed by atoms with Crippen LogP contribution in [-0.4, -0.2) is 65.0 Å². The van der Waals surface area contributed by atoms with Gasteiger partial charge in [-0.3, -0.25) is 19.3 Å². The van der Waals surface area contributed by atoms with Gasteiger partial charge < -0.3 is 15.0 Å². The maximum Gasteiger partial charge on any atom is 0.256 e. The Kier molecular flexibility index (Phi) is 6.97. The van der Waals surface area contributed by atoms with Crippen molar-refractivity contribution in [3.63, 3.8) is 0 Å². The maximum absolute atomic E-state index is 13.6.